The normalized spacial score (nSPS) is 13.8. The van der Waals surface area contributed by atoms with E-state index in [0.717, 1.165) is 32.4 Å². The number of piperidine rings is 1. The maximum Gasteiger partial charge on any atom is 0.339 e. The summed E-state index contributed by atoms with van der Waals surface area (Å²) in [6.45, 7) is 4.96. The topological polar surface area (TPSA) is 113 Å². The van der Waals surface area contributed by atoms with Gasteiger partial charge in [-0.3, -0.25) is 9.59 Å². The summed E-state index contributed by atoms with van der Waals surface area (Å²) in [6.07, 6.45) is 2.04. The average Bonchev–Trinajstić information content (AvgIpc) is 2.92. The Morgan fingerprint density at radius 3 is 2.22 bits per heavy atom. The molecule has 2 aromatic carbocycles. The van der Waals surface area contributed by atoms with Gasteiger partial charge in [-0.1, -0.05) is 0 Å². The molecule has 0 aromatic heterocycles. The van der Waals surface area contributed by atoms with Gasteiger partial charge in [0.15, 0.2) is 24.2 Å². The Bertz CT molecular complexity index is 1080. The van der Waals surface area contributed by atoms with Gasteiger partial charge in [-0.25, -0.2) is 4.79 Å². The van der Waals surface area contributed by atoms with Crippen LogP contribution >= 0.6 is 0 Å². The minimum absolute atomic E-state index is 0.0841. The summed E-state index contributed by atoms with van der Waals surface area (Å²) in [7, 11) is 3.01. The first-order valence-corrected chi connectivity index (χ1v) is 12.3. The van der Waals surface area contributed by atoms with E-state index in [2.05, 4.69) is 5.32 Å². The van der Waals surface area contributed by atoms with Crippen molar-refractivity contribution in [2.75, 3.05) is 45.8 Å². The first-order chi connectivity index (χ1) is 17.8. The number of rotatable bonds is 11. The molecule has 0 radical (unpaired) electrons. The lowest BCUT2D eigenvalue weighted by Gasteiger charge is -2.26. The second-order valence-corrected chi connectivity index (χ2v) is 8.46. The van der Waals surface area contributed by atoms with E-state index in [4.69, 9.17) is 23.7 Å². The Balaban J connectivity index is 1.62. The van der Waals surface area contributed by atoms with Gasteiger partial charge < -0.3 is 33.9 Å². The van der Waals surface area contributed by atoms with Crippen LogP contribution in [0.15, 0.2) is 36.4 Å². The lowest BCUT2D eigenvalue weighted by Crippen LogP contribution is -2.38. The molecule has 2 amide bonds. The molecule has 0 aliphatic carbocycles. The Morgan fingerprint density at radius 1 is 0.919 bits per heavy atom. The number of benzene rings is 2. The number of nitrogens with zero attached hydrogens (tertiary/aromatic N) is 1. The number of hydrogen-bond acceptors (Lipinski definition) is 8. The third-order valence-electron chi connectivity index (χ3n) is 5.81. The van der Waals surface area contributed by atoms with Crippen LogP contribution in [0.1, 0.15) is 43.5 Å². The fraction of sp³-hybridized carbons (Fsp3) is 0.444. The first kappa shape index (κ1) is 27.6. The highest BCUT2D eigenvalue weighted by atomic mass is 16.5. The van der Waals surface area contributed by atoms with Crippen molar-refractivity contribution in [2.24, 2.45) is 0 Å². The number of methoxy groups -OCH3 is 2. The van der Waals surface area contributed by atoms with Crippen molar-refractivity contribution in [3.05, 3.63) is 42.0 Å². The molecular weight excluding hydrogens is 480 g/mol. The molecule has 1 fully saturated rings. The quantitative estimate of drug-likeness (QED) is 0.452. The van der Waals surface area contributed by atoms with Gasteiger partial charge in [0.2, 0.25) is 0 Å². The maximum absolute atomic E-state index is 12.8. The summed E-state index contributed by atoms with van der Waals surface area (Å²) in [6, 6.07) is 9.45. The molecule has 200 valence electrons. The van der Waals surface area contributed by atoms with Crippen LogP contribution in [-0.2, 0) is 14.3 Å². The van der Waals surface area contributed by atoms with Crippen molar-refractivity contribution >= 4 is 23.5 Å². The van der Waals surface area contributed by atoms with E-state index in [-0.39, 0.29) is 18.1 Å². The molecule has 1 atom stereocenters. The van der Waals surface area contributed by atoms with Gasteiger partial charge in [0.1, 0.15) is 11.5 Å². The van der Waals surface area contributed by atoms with Gasteiger partial charge in [-0.2, -0.15) is 0 Å². The molecule has 0 spiro atoms. The minimum atomic E-state index is -1.08. The monoisotopic (exact) mass is 514 g/mol. The van der Waals surface area contributed by atoms with Gasteiger partial charge in [0, 0.05) is 37.0 Å². The third-order valence-corrected chi connectivity index (χ3v) is 5.81. The number of hydrogen-bond donors (Lipinski definition) is 1. The van der Waals surface area contributed by atoms with Crippen molar-refractivity contribution in [1.29, 1.82) is 0 Å². The van der Waals surface area contributed by atoms with E-state index in [0.29, 0.717) is 35.3 Å². The molecular formula is C27H34N2O8. The van der Waals surface area contributed by atoms with Crippen LogP contribution < -0.4 is 24.3 Å². The Labute approximate surface area is 216 Å². The number of ether oxygens (including phenoxy) is 5. The van der Waals surface area contributed by atoms with E-state index < -0.39 is 18.0 Å². The Hall–Kier alpha value is -3.95. The Morgan fingerprint density at radius 2 is 1.59 bits per heavy atom. The average molecular weight is 515 g/mol. The summed E-state index contributed by atoms with van der Waals surface area (Å²) in [5, 5.41) is 2.69. The predicted octanol–water partition coefficient (Wildman–Crippen LogP) is 3.68. The summed E-state index contributed by atoms with van der Waals surface area (Å²) >= 11 is 0. The van der Waals surface area contributed by atoms with Crippen LogP contribution in [0, 0.1) is 0 Å². The van der Waals surface area contributed by atoms with Gasteiger partial charge >= 0.3 is 5.97 Å². The van der Waals surface area contributed by atoms with Crippen molar-refractivity contribution in [1.82, 2.24) is 4.90 Å². The molecule has 1 saturated heterocycles. The number of esters is 1. The largest absolute Gasteiger partial charge is 0.497 e. The third kappa shape index (κ3) is 7.77. The van der Waals surface area contributed by atoms with E-state index >= 15 is 0 Å². The minimum Gasteiger partial charge on any atom is -0.497 e. The molecule has 3 rings (SSSR count). The molecule has 37 heavy (non-hydrogen) atoms. The van der Waals surface area contributed by atoms with Crippen LogP contribution in [0.25, 0.3) is 0 Å². The zero-order chi connectivity index (χ0) is 26.8. The fourth-order valence-corrected chi connectivity index (χ4v) is 3.80. The van der Waals surface area contributed by atoms with Gasteiger partial charge in [-0.15, -0.1) is 0 Å². The van der Waals surface area contributed by atoms with Crippen molar-refractivity contribution in [3.8, 4) is 23.0 Å². The smallest absolute Gasteiger partial charge is 0.339 e. The standard InChI is InChI=1S/C27H34N2O8/c1-5-35-24-13-19(9-10-23(24)36-17-25(30)29-11-7-6-8-12-29)27(32)37-18(2)26(31)28-20-14-21(33-3)16-22(15-20)34-4/h9-10,13-16,18H,5-8,11-12,17H2,1-4H3,(H,28,31)/t18-/m0/s1. The molecule has 0 saturated carbocycles. The van der Waals surface area contributed by atoms with E-state index in [1.165, 1.54) is 33.3 Å². The number of likely N-dealkylation sites (tertiary alicyclic amines) is 1. The van der Waals surface area contributed by atoms with Crippen LogP contribution in [0.3, 0.4) is 0 Å². The molecule has 10 nitrogen and oxygen atoms in total. The summed E-state index contributed by atoms with van der Waals surface area (Å²) in [5.74, 6) is 0.350. The van der Waals surface area contributed by atoms with Crippen LogP contribution in [0.5, 0.6) is 23.0 Å². The number of carbonyl (C=O) groups excluding carboxylic acids is 3. The number of amides is 2. The zero-order valence-electron chi connectivity index (χ0n) is 21.7. The van der Waals surface area contributed by atoms with E-state index in [1.54, 1.807) is 36.1 Å². The summed E-state index contributed by atoms with van der Waals surface area (Å²) < 4.78 is 27.1. The zero-order valence-corrected chi connectivity index (χ0v) is 21.7. The second-order valence-electron chi connectivity index (χ2n) is 8.46. The van der Waals surface area contributed by atoms with Gasteiger partial charge in [-0.05, 0) is 51.3 Å². The molecule has 10 heteroatoms. The SMILES string of the molecule is CCOc1cc(C(=O)O[C@@H](C)C(=O)Nc2cc(OC)cc(OC)c2)ccc1OCC(=O)N1CCCCC1. The number of nitrogens with one attached hydrogen (secondary N) is 1. The summed E-state index contributed by atoms with van der Waals surface area (Å²) in [5.41, 5.74) is 0.615. The van der Waals surface area contributed by atoms with Crippen LogP contribution in [0.2, 0.25) is 0 Å². The second kappa shape index (κ2) is 13.4. The van der Waals surface area contributed by atoms with Crippen LogP contribution in [-0.4, -0.2) is 69.3 Å². The Kier molecular flexibility index (Phi) is 10.00. The van der Waals surface area contributed by atoms with E-state index in [1.807, 2.05) is 0 Å². The first-order valence-electron chi connectivity index (χ1n) is 12.3. The molecule has 1 aliphatic heterocycles. The molecule has 2 aromatic rings. The molecule has 1 N–H and O–H groups in total. The lowest BCUT2D eigenvalue weighted by atomic mass is 10.1. The molecule has 1 heterocycles. The van der Waals surface area contributed by atoms with Gasteiger partial charge in [0.25, 0.3) is 11.8 Å². The van der Waals surface area contributed by atoms with Crippen LogP contribution in [0.4, 0.5) is 5.69 Å². The summed E-state index contributed by atoms with van der Waals surface area (Å²) in [4.78, 5) is 39.6. The van der Waals surface area contributed by atoms with Crippen molar-refractivity contribution in [2.45, 2.75) is 39.2 Å². The molecule has 0 unspecified atom stereocenters. The lowest BCUT2D eigenvalue weighted by molar-refractivity contribution is -0.134. The van der Waals surface area contributed by atoms with Crippen molar-refractivity contribution in [3.63, 3.8) is 0 Å². The van der Waals surface area contributed by atoms with Crippen molar-refractivity contribution < 1.29 is 38.1 Å². The highest BCUT2D eigenvalue weighted by Gasteiger charge is 2.22. The number of carbonyl (C=O) groups is 3. The molecule has 1 aliphatic rings. The number of anilines is 1. The highest BCUT2D eigenvalue weighted by Crippen LogP contribution is 2.29. The highest BCUT2D eigenvalue weighted by molar-refractivity contribution is 5.97. The van der Waals surface area contributed by atoms with Gasteiger partial charge in [0.05, 0.1) is 26.4 Å². The maximum atomic E-state index is 12.8. The fourth-order valence-electron chi connectivity index (χ4n) is 3.80. The predicted molar refractivity (Wildman–Crippen MR) is 137 cm³/mol. The molecule has 0 bridgehead atoms. The van der Waals surface area contributed by atoms with E-state index in [9.17, 15) is 14.4 Å².